The zero-order chi connectivity index (χ0) is 14.7. The third-order valence-electron chi connectivity index (χ3n) is 3.65. The summed E-state index contributed by atoms with van der Waals surface area (Å²) in [5.41, 5.74) is 1.36. The molecule has 0 saturated carbocycles. The lowest BCUT2D eigenvalue weighted by Gasteiger charge is -2.16. The van der Waals surface area contributed by atoms with Gasteiger partial charge < -0.3 is 9.64 Å². The van der Waals surface area contributed by atoms with Crippen molar-refractivity contribution < 1.29 is 4.74 Å². The molecule has 0 radical (unpaired) electrons. The highest BCUT2D eigenvalue weighted by Gasteiger charge is 2.21. The first-order chi connectivity index (χ1) is 10.2. The summed E-state index contributed by atoms with van der Waals surface area (Å²) in [6.45, 7) is 1.12. The Bertz CT molecular complexity index is 613. The Balaban J connectivity index is 1.89. The Morgan fingerprint density at radius 2 is 2.10 bits per heavy atom. The van der Waals surface area contributed by atoms with Gasteiger partial charge in [0, 0.05) is 5.57 Å². The number of nitrogens with zero attached hydrogens (tertiary/aromatic N) is 1. The SMILES string of the molecule is CN(C)CCCC1=C2CC=CC=C2Oc2ccccc2S1. The van der Waals surface area contributed by atoms with E-state index in [-0.39, 0.29) is 0 Å². The van der Waals surface area contributed by atoms with Gasteiger partial charge in [0.05, 0.1) is 4.90 Å². The lowest BCUT2D eigenvalue weighted by molar-refractivity contribution is 0.400. The minimum absolute atomic E-state index is 0.976. The summed E-state index contributed by atoms with van der Waals surface area (Å²) in [7, 11) is 4.26. The molecule has 0 atom stereocenters. The normalized spacial score (nSPS) is 17.0. The first kappa shape index (κ1) is 14.5. The molecule has 3 rings (SSSR count). The molecule has 0 amide bonds. The van der Waals surface area contributed by atoms with Gasteiger partial charge >= 0.3 is 0 Å². The summed E-state index contributed by atoms with van der Waals surface area (Å²) in [5.74, 6) is 2.00. The fraction of sp³-hybridized carbons (Fsp3) is 0.333. The lowest BCUT2D eigenvalue weighted by Crippen LogP contribution is -2.13. The molecule has 2 aliphatic rings. The Morgan fingerprint density at radius 1 is 1.24 bits per heavy atom. The second-order valence-electron chi connectivity index (χ2n) is 5.62. The summed E-state index contributed by atoms with van der Waals surface area (Å²) in [5, 5.41) is 0. The van der Waals surface area contributed by atoms with Crippen LogP contribution in [0, 0.1) is 0 Å². The van der Waals surface area contributed by atoms with Gasteiger partial charge in [0.15, 0.2) is 0 Å². The van der Waals surface area contributed by atoms with Crippen LogP contribution >= 0.6 is 11.8 Å². The molecule has 0 spiro atoms. The van der Waals surface area contributed by atoms with E-state index >= 15 is 0 Å². The van der Waals surface area contributed by atoms with E-state index < -0.39 is 0 Å². The van der Waals surface area contributed by atoms with Crippen LogP contribution in [0.2, 0.25) is 0 Å². The molecule has 0 bridgehead atoms. The number of thioether (sulfide) groups is 1. The quantitative estimate of drug-likeness (QED) is 0.805. The molecule has 1 heterocycles. The van der Waals surface area contributed by atoms with Gasteiger partial charge in [-0.15, -0.1) is 0 Å². The number of allylic oxidation sites excluding steroid dienone is 5. The van der Waals surface area contributed by atoms with Gasteiger partial charge in [-0.25, -0.2) is 0 Å². The highest BCUT2D eigenvalue weighted by Crippen LogP contribution is 2.44. The van der Waals surface area contributed by atoms with Crippen molar-refractivity contribution in [1.82, 2.24) is 4.90 Å². The summed E-state index contributed by atoms with van der Waals surface area (Å²) >= 11 is 1.88. The van der Waals surface area contributed by atoms with Crippen LogP contribution in [-0.4, -0.2) is 25.5 Å². The average Bonchev–Trinajstić information content (AvgIpc) is 2.63. The third kappa shape index (κ3) is 3.42. The van der Waals surface area contributed by atoms with Gasteiger partial charge in [-0.2, -0.15) is 0 Å². The van der Waals surface area contributed by atoms with Gasteiger partial charge in [-0.05, 0) is 63.0 Å². The van der Waals surface area contributed by atoms with E-state index in [2.05, 4.69) is 55.4 Å². The number of hydrogen-bond acceptors (Lipinski definition) is 3. The molecule has 3 heteroatoms. The van der Waals surface area contributed by atoms with E-state index in [1.54, 1.807) is 0 Å². The molecule has 0 aromatic heterocycles. The molecule has 2 nitrogen and oxygen atoms in total. The monoisotopic (exact) mass is 299 g/mol. The van der Waals surface area contributed by atoms with Crippen molar-refractivity contribution in [1.29, 1.82) is 0 Å². The molecule has 0 unspecified atom stereocenters. The van der Waals surface area contributed by atoms with E-state index in [1.807, 2.05) is 17.8 Å². The maximum absolute atomic E-state index is 6.14. The molecule has 1 aromatic carbocycles. The Morgan fingerprint density at radius 3 is 2.95 bits per heavy atom. The van der Waals surface area contributed by atoms with Crippen molar-refractivity contribution >= 4 is 11.8 Å². The minimum atomic E-state index is 0.976. The molecule has 1 aliphatic heterocycles. The first-order valence-corrected chi connectivity index (χ1v) is 8.24. The molecular weight excluding hydrogens is 278 g/mol. The van der Waals surface area contributed by atoms with Crippen molar-refractivity contribution in [3.8, 4) is 5.75 Å². The molecular formula is C18H21NOS. The van der Waals surface area contributed by atoms with Crippen LogP contribution in [0.5, 0.6) is 5.75 Å². The Kier molecular flexibility index (Phi) is 4.51. The van der Waals surface area contributed by atoms with Crippen LogP contribution < -0.4 is 4.74 Å². The van der Waals surface area contributed by atoms with Crippen LogP contribution in [0.25, 0.3) is 0 Å². The van der Waals surface area contributed by atoms with Crippen molar-refractivity contribution in [2.45, 2.75) is 24.2 Å². The number of ether oxygens (including phenoxy) is 1. The Hall–Kier alpha value is -1.45. The van der Waals surface area contributed by atoms with Crippen LogP contribution in [0.15, 0.2) is 63.6 Å². The van der Waals surface area contributed by atoms with E-state index in [4.69, 9.17) is 4.74 Å². The van der Waals surface area contributed by atoms with E-state index in [1.165, 1.54) is 21.8 Å². The zero-order valence-corrected chi connectivity index (χ0v) is 13.5. The lowest BCUT2D eigenvalue weighted by atomic mass is 10.0. The van der Waals surface area contributed by atoms with Crippen LogP contribution in [0.3, 0.4) is 0 Å². The first-order valence-electron chi connectivity index (χ1n) is 7.43. The topological polar surface area (TPSA) is 12.5 Å². The molecule has 0 saturated heterocycles. The van der Waals surface area contributed by atoms with Crippen LogP contribution in [-0.2, 0) is 0 Å². The van der Waals surface area contributed by atoms with E-state index in [0.717, 1.165) is 30.9 Å². The van der Waals surface area contributed by atoms with Crippen LogP contribution in [0.4, 0.5) is 0 Å². The number of benzene rings is 1. The fourth-order valence-electron chi connectivity index (χ4n) is 2.58. The fourth-order valence-corrected chi connectivity index (χ4v) is 3.75. The predicted molar refractivity (Wildman–Crippen MR) is 89.6 cm³/mol. The number of para-hydroxylation sites is 1. The molecule has 1 aliphatic carbocycles. The summed E-state index contributed by atoms with van der Waals surface area (Å²) < 4.78 is 6.14. The van der Waals surface area contributed by atoms with Crippen molar-refractivity contribution in [3.05, 3.63) is 58.7 Å². The van der Waals surface area contributed by atoms with Gasteiger partial charge in [-0.3, -0.25) is 0 Å². The third-order valence-corrected chi connectivity index (χ3v) is 4.91. The summed E-state index contributed by atoms with van der Waals surface area (Å²) in [6.07, 6.45) is 9.66. The van der Waals surface area contributed by atoms with Crippen molar-refractivity contribution in [2.75, 3.05) is 20.6 Å². The van der Waals surface area contributed by atoms with E-state index in [0.29, 0.717) is 0 Å². The zero-order valence-electron chi connectivity index (χ0n) is 12.6. The number of fused-ring (bicyclic) bond motifs is 2. The second-order valence-corrected chi connectivity index (χ2v) is 6.76. The highest BCUT2D eigenvalue weighted by molar-refractivity contribution is 8.03. The minimum Gasteiger partial charge on any atom is -0.456 e. The van der Waals surface area contributed by atoms with Crippen molar-refractivity contribution in [3.63, 3.8) is 0 Å². The van der Waals surface area contributed by atoms with E-state index in [9.17, 15) is 0 Å². The predicted octanol–water partition coefficient (Wildman–Crippen LogP) is 4.61. The number of hydrogen-bond donors (Lipinski definition) is 0. The summed E-state index contributed by atoms with van der Waals surface area (Å²) in [6, 6.07) is 8.33. The standard InChI is InChI=1S/C18H21NOS/c1-19(2)13-7-12-17-14-8-3-4-9-15(14)20-16-10-5-6-11-18(16)21-17/h3-6,9-11H,7-8,12-13H2,1-2H3. The van der Waals surface area contributed by atoms with Gasteiger partial charge in [0.25, 0.3) is 0 Å². The van der Waals surface area contributed by atoms with Gasteiger partial charge in [-0.1, -0.05) is 36.0 Å². The number of rotatable bonds is 4. The smallest absolute Gasteiger partial charge is 0.141 e. The Labute approximate surface area is 131 Å². The maximum Gasteiger partial charge on any atom is 0.141 e. The second kappa shape index (κ2) is 6.54. The molecule has 1 aromatic rings. The average molecular weight is 299 g/mol. The van der Waals surface area contributed by atoms with Crippen molar-refractivity contribution in [2.24, 2.45) is 0 Å². The summed E-state index contributed by atoms with van der Waals surface area (Å²) in [4.78, 5) is 4.92. The molecule has 21 heavy (non-hydrogen) atoms. The molecule has 0 fully saturated rings. The largest absolute Gasteiger partial charge is 0.456 e. The van der Waals surface area contributed by atoms with Gasteiger partial charge in [0.2, 0.25) is 0 Å². The highest BCUT2D eigenvalue weighted by atomic mass is 32.2. The maximum atomic E-state index is 6.14. The molecule has 110 valence electrons. The van der Waals surface area contributed by atoms with Crippen LogP contribution in [0.1, 0.15) is 19.3 Å². The van der Waals surface area contributed by atoms with Gasteiger partial charge in [0.1, 0.15) is 11.5 Å². The molecule has 0 N–H and O–H groups in total.